The van der Waals surface area contributed by atoms with Crippen LogP contribution in [0.1, 0.15) is 5.56 Å². The number of fused-ring (bicyclic) bond motifs is 1. The Bertz CT molecular complexity index is 895. The monoisotopic (exact) mass is 300 g/mol. The molecule has 0 atom stereocenters. The van der Waals surface area contributed by atoms with E-state index in [1.54, 1.807) is 6.20 Å². The van der Waals surface area contributed by atoms with Gasteiger partial charge in [-0.05, 0) is 29.8 Å². The van der Waals surface area contributed by atoms with Gasteiger partial charge in [-0.15, -0.1) is 0 Å². The van der Waals surface area contributed by atoms with Crippen molar-refractivity contribution in [3.63, 3.8) is 0 Å². The Balaban J connectivity index is 1.58. The molecule has 0 aliphatic carbocycles. The van der Waals surface area contributed by atoms with E-state index in [4.69, 9.17) is 4.74 Å². The molecule has 2 aromatic carbocycles. The van der Waals surface area contributed by atoms with Crippen LogP contribution >= 0.6 is 0 Å². The van der Waals surface area contributed by atoms with Gasteiger partial charge >= 0.3 is 0 Å². The van der Waals surface area contributed by atoms with Gasteiger partial charge < -0.3 is 9.72 Å². The predicted octanol–water partition coefficient (Wildman–Crippen LogP) is 4.81. The van der Waals surface area contributed by atoms with Crippen molar-refractivity contribution in [1.82, 2.24) is 9.97 Å². The van der Waals surface area contributed by atoms with Crippen molar-refractivity contribution in [2.45, 2.75) is 6.61 Å². The predicted molar refractivity (Wildman–Crippen MR) is 92.3 cm³/mol. The third kappa shape index (κ3) is 2.94. The molecule has 0 aliphatic heterocycles. The van der Waals surface area contributed by atoms with Crippen LogP contribution in [0, 0.1) is 0 Å². The minimum absolute atomic E-state index is 0.570. The molecule has 2 heterocycles. The molecule has 1 N–H and O–H groups in total. The molecule has 0 fully saturated rings. The normalized spacial score (nSPS) is 10.8. The minimum atomic E-state index is 0.570. The molecule has 0 aliphatic rings. The fraction of sp³-hybridized carbons (Fsp3) is 0.0500. The average molecular weight is 300 g/mol. The lowest BCUT2D eigenvalue weighted by Gasteiger charge is -2.07. The van der Waals surface area contributed by atoms with E-state index in [9.17, 15) is 0 Å². The van der Waals surface area contributed by atoms with Gasteiger partial charge in [0.25, 0.3) is 0 Å². The number of hydrogen-bond donors (Lipinski definition) is 1. The second-order valence-electron chi connectivity index (χ2n) is 5.45. The number of pyridine rings is 1. The van der Waals surface area contributed by atoms with Crippen LogP contribution in [0.4, 0.5) is 0 Å². The summed E-state index contributed by atoms with van der Waals surface area (Å²) in [5.74, 6) is 0.864. The topological polar surface area (TPSA) is 37.9 Å². The van der Waals surface area contributed by atoms with E-state index >= 15 is 0 Å². The zero-order chi connectivity index (χ0) is 15.5. The van der Waals surface area contributed by atoms with Gasteiger partial charge in [-0.2, -0.15) is 0 Å². The molecule has 0 spiro atoms. The largest absolute Gasteiger partial charge is 0.489 e. The summed E-state index contributed by atoms with van der Waals surface area (Å²) in [6.07, 6.45) is 3.66. The fourth-order valence-corrected chi connectivity index (χ4v) is 2.62. The van der Waals surface area contributed by atoms with Gasteiger partial charge in [-0.1, -0.05) is 42.5 Å². The number of nitrogens with zero attached hydrogens (tertiary/aromatic N) is 1. The maximum Gasteiger partial charge on any atom is 0.120 e. The lowest BCUT2D eigenvalue weighted by atomic mass is 10.1. The van der Waals surface area contributed by atoms with Crippen LogP contribution in [0.25, 0.3) is 22.2 Å². The average Bonchev–Trinajstić information content (AvgIpc) is 3.05. The summed E-state index contributed by atoms with van der Waals surface area (Å²) in [6.45, 7) is 0.570. The van der Waals surface area contributed by atoms with Gasteiger partial charge in [0.1, 0.15) is 12.4 Å². The summed E-state index contributed by atoms with van der Waals surface area (Å²) < 4.78 is 5.90. The summed E-state index contributed by atoms with van der Waals surface area (Å²) in [5, 5.41) is 1.11. The van der Waals surface area contributed by atoms with Crippen LogP contribution in [0.3, 0.4) is 0 Å². The Morgan fingerprint density at radius 1 is 0.913 bits per heavy atom. The molecular formula is C20H16N2O. The number of benzene rings is 2. The second-order valence-corrected chi connectivity index (χ2v) is 5.45. The molecule has 3 nitrogen and oxygen atoms in total. The number of rotatable bonds is 4. The molecule has 0 amide bonds. The highest BCUT2D eigenvalue weighted by Gasteiger charge is 2.05. The second kappa shape index (κ2) is 5.97. The lowest BCUT2D eigenvalue weighted by molar-refractivity contribution is 0.306. The highest BCUT2D eigenvalue weighted by atomic mass is 16.5. The standard InChI is InChI=1S/C20H16N2O/c1-2-5-15(6-3-1)14-23-18-8-4-7-16(11-18)20-12-17-13-21-10-9-19(17)22-20/h1-13,22H,14H2. The van der Waals surface area contributed by atoms with E-state index in [1.165, 1.54) is 0 Å². The van der Waals surface area contributed by atoms with Crippen molar-refractivity contribution in [1.29, 1.82) is 0 Å². The summed E-state index contributed by atoms with van der Waals surface area (Å²) in [7, 11) is 0. The lowest BCUT2D eigenvalue weighted by Crippen LogP contribution is -1.94. The highest BCUT2D eigenvalue weighted by Crippen LogP contribution is 2.26. The van der Waals surface area contributed by atoms with Gasteiger partial charge in [0.05, 0.1) is 0 Å². The smallest absolute Gasteiger partial charge is 0.120 e. The number of aromatic nitrogens is 2. The Morgan fingerprint density at radius 3 is 2.70 bits per heavy atom. The summed E-state index contributed by atoms with van der Waals surface area (Å²) in [6, 6.07) is 22.4. The molecule has 112 valence electrons. The van der Waals surface area contributed by atoms with E-state index in [0.717, 1.165) is 33.5 Å². The van der Waals surface area contributed by atoms with Crippen molar-refractivity contribution in [3.05, 3.63) is 84.7 Å². The Kier molecular flexibility index (Phi) is 3.53. The van der Waals surface area contributed by atoms with Crippen LogP contribution < -0.4 is 4.74 Å². The van der Waals surface area contributed by atoms with Crippen molar-refractivity contribution in [2.75, 3.05) is 0 Å². The quantitative estimate of drug-likeness (QED) is 0.587. The molecule has 0 bridgehead atoms. The fourth-order valence-electron chi connectivity index (χ4n) is 2.62. The Morgan fingerprint density at radius 2 is 1.83 bits per heavy atom. The number of hydrogen-bond acceptors (Lipinski definition) is 2. The molecule has 23 heavy (non-hydrogen) atoms. The van der Waals surface area contributed by atoms with Crippen molar-refractivity contribution < 1.29 is 4.74 Å². The number of aromatic amines is 1. The number of ether oxygens (including phenoxy) is 1. The first-order valence-electron chi connectivity index (χ1n) is 7.58. The molecule has 0 saturated carbocycles. The summed E-state index contributed by atoms with van der Waals surface area (Å²) in [4.78, 5) is 7.57. The highest BCUT2D eigenvalue weighted by molar-refractivity contribution is 5.85. The SMILES string of the molecule is c1ccc(COc2cccc(-c3cc4cnccc4[nH]3)c2)cc1. The van der Waals surface area contributed by atoms with Crippen LogP contribution in [-0.4, -0.2) is 9.97 Å². The van der Waals surface area contributed by atoms with E-state index < -0.39 is 0 Å². The number of H-pyrrole nitrogens is 1. The third-order valence-corrected chi connectivity index (χ3v) is 3.81. The molecule has 0 unspecified atom stereocenters. The van der Waals surface area contributed by atoms with Gasteiger partial charge in [0.15, 0.2) is 0 Å². The van der Waals surface area contributed by atoms with E-state index in [-0.39, 0.29) is 0 Å². The Hall–Kier alpha value is -3.07. The number of nitrogens with one attached hydrogen (secondary N) is 1. The maximum absolute atomic E-state index is 5.90. The molecule has 2 aromatic heterocycles. The van der Waals surface area contributed by atoms with Crippen LogP contribution in [0.2, 0.25) is 0 Å². The zero-order valence-electron chi connectivity index (χ0n) is 12.6. The molecule has 4 rings (SSSR count). The molecule has 4 aromatic rings. The van der Waals surface area contributed by atoms with E-state index in [1.807, 2.05) is 42.6 Å². The van der Waals surface area contributed by atoms with Crippen LogP contribution in [0.15, 0.2) is 79.1 Å². The summed E-state index contributed by atoms with van der Waals surface area (Å²) >= 11 is 0. The maximum atomic E-state index is 5.90. The first-order chi connectivity index (χ1) is 11.4. The van der Waals surface area contributed by atoms with Crippen LogP contribution in [-0.2, 0) is 6.61 Å². The van der Waals surface area contributed by atoms with Gasteiger partial charge in [-0.3, -0.25) is 4.98 Å². The summed E-state index contributed by atoms with van der Waals surface area (Å²) in [5.41, 5.74) is 4.42. The molecule has 3 heteroatoms. The minimum Gasteiger partial charge on any atom is -0.489 e. The molecule has 0 saturated heterocycles. The first kappa shape index (κ1) is 13.6. The van der Waals surface area contributed by atoms with Gasteiger partial charge in [0.2, 0.25) is 0 Å². The Labute approximate surface area is 134 Å². The third-order valence-electron chi connectivity index (χ3n) is 3.81. The zero-order valence-corrected chi connectivity index (χ0v) is 12.6. The first-order valence-corrected chi connectivity index (χ1v) is 7.58. The van der Waals surface area contributed by atoms with Gasteiger partial charge in [-0.25, -0.2) is 0 Å². The van der Waals surface area contributed by atoms with E-state index in [0.29, 0.717) is 6.61 Å². The van der Waals surface area contributed by atoms with Gasteiger partial charge in [0, 0.05) is 34.6 Å². The van der Waals surface area contributed by atoms with Crippen molar-refractivity contribution >= 4 is 10.9 Å². The van der Waals surface area contributed by atoms with Crippen molar-refractivity contribution in [3.8, 4) is 17.0 Å². The molecular weight excluding hydrogens is 284 g/mol. The molecule has 0 radical (unpaired) electrons. The van der Waals surface area contributed by atoms with Crippen LogP contribution in [0.5, 0.6) is 5.75 Å². The van der Waals surface area contributed by atoms with Crippen molar-refractivity contribution in [2.24, 2.45) is 0 Å². The van der Waals surface area contributed by atoms with E-state index in [2.05, 4.69) is 40.3 Å².